The van der Waals surface area contributed by atoms with Crippen molar-refractivity contribution < 1.29 is 14.3 Å². The van der Waals surface area contributed by atoms with E-state index >= 15 is 0 Å². The molecule has 2 N–H and O–H groups in total. The number of likely N-dealkylation sites (tertiary alicyclic amines) is 1. The Balaban J connectivity index is 1.37. The lowest BCUT2D eigenvalue weighted by Gasteiger charge is -2.17. The number of fused-ring (bicyclic) bond motifs is 1. The predicted octanol–water partition coefficient (Wildman–Crippen LogP) is 5.46. The van der Waals surface area contributed by atoms with Crippen LogP contribution in [0, 0.1) is 5.92 Å². The molecule has 1 saturated heterocycles. The number of anilines is 3. The molecule has 39 heavy (non-hydrogen) atoms. The van der Waals surface area contributed by atoms with Gasteiger partial charge in [0.1, 0.15) is 30.3 Å². The van der Waals surface area contributed by atoms with Crippen LogP contribution in [0.4, 0.5) is 17.2 Å². The van der Waals surface area contributed by atoms with Crippen LogP contribution in [0.1, 0.15) is 12.1 Å². The van der Waals surface area contributed by atoms with Crippen LogP contribution >= 0.6 is 11.6 Å². The molecule has 2 aromatic carbocycles. The average molecular weight is 545 g/mol. The van der Waals surface area contributed by atoms with Crippen LogP contribution in [-0.4, -0.2) is 52.5 Å². The normalized spacial score (nSPS) is 15.2. The van der Waals surface area contributed by atoms with Gasteiger partial charge in [-0.25, -0.2) is 9.97 Å². The van der Waals surface area contributed by atoms with Gasteiger partial charge < -0.3 is 25.0 Å². The fraction of sp³-hybridized carbons (Fsp3) is 0.241. The van der Waals surface area contributed by atoms with E-state index in [0.717, 1.165) is 25.2 Å². The van der Waals surface area contributed by atoms with Crippen LogP contribution in [0.3, 0.4) is 0 Å². The van der Waals surface area contributed by atoms with E-state index in [2.05, 4.69) is 44.1 Å². The number of hydrogen-bond donors (Lipinski definition) is 2. The Bertz CT molecular complexity index is 1480. The molecule has 1 aliphatic rings. The van der Waals surface area contributed by atoms with Gasteiger partial charge in [-0.05, 0) is 62.5 Å². The van der Waals surface area contributed by atoms with Crippen LogP contribution in [0.5, 0.6) is 11.5 Å². The van der Waals surface area contributed by atoms with Gasteiger partial charge in [0.15, 0.2) is 0 Å². The number of carbonyl (C=O) groups is 1. The molecule has 200 valence electrons. The molecule has 0 aliphatic carbocycles. The Morgan fingerprint density at radius 3 is 2.79 bits per heavy atom. The minimum atomic E-state index is -0.334. The molecular weight excluding hydrogens is 516 g/mol. The van der Waals surface area contributed by atoms with E-state index in [1.165, 1.54) is 12.4 Å². The smallest absolute Gasteiger partial charge is 0.247 e. The Kier molecular flexibility index (Phi) is 8.19. The number of rotatable bonds is 10. The molecule has 4 aromatic rings. The zero-order chi connectivity index (χ0) is 27.2. The fourth-order valence-corrected chi connectivity index (χ4v) is 4.66. The van der Waals surface area contributed by atoms with Crippen molar-refractivity contribution in [3.05, 3.63) is 84.4 Å². The number of benzene rings is 2. The summed E-state index contributed by atoms with van der Waals surface area (Å²) in [6.45, 7) is 6.46. The van der Waals surface area contributed by atoms with Crippen LogP contribution in [0.15, 0.2) is 73.7 Å². The number of amides is 1. The lowest BCUT2D eigenvalue weighted by molar-refractivity contribution is -0.111. The van der Waals surface area contributed by atoms with Crippen molar-refractivity contribution in [2.24, 2.45) is 5.92 Å². The minimum absolute atomic E-state index is 0.310. The van der Waals surface area contributed by atoms with Crippen LogP contribution < -0.4 is 20.1 Å². The molecule has 1 atom stereocenters. The molecule has 2 aromatic heterocycles. The minimum Gasteiger partial charge on any atom is -0.491 e. The van der Waals surface area contributed by atoms with Gasteiger partial charge in [0.2, 0.25) is 5.91 Å². The molecule has 10 heteroatoms. The van der Waals surface area contributed by atoms with Crippen LogP contribution in [-0.2, 0) is 11.4 Å². The summed E-state index contributed by atoms with van der Waals surface area (Å²) in [4.78, 5) is 27.6. The Hall–Kier alpha value is -4.21. The van der Waals surface area contributed by atoms with Gasteiger partial charge in [-0.1, -0.05) is 24.2 Å². The number of pyridine rings is 1. The van der Waals surface area contributed by atoms with Crippen molar-refractivity contribution in [1.29, 1.82) is 0 Å². The summed E-state index contributed by atoms with van der Waals surface area (Å²) >= 11 is 6.50. The van der Waals surface area contributed by atoms with Gasteiger partial charge in [-0.3, -0.25) is 9.78 Å². The lowest BCUT2D eigenvalue weighted by atomic mass is 10.1. The monoisotopic (exact) mass is 544 g/mol. The van der Waals surface area contributed by atoms with Crippen molar-refractivity contribution in [2.75, 3.05) is 37.4 Å². The van der Waals surface area contributed by atoms with E-state index in [0.29, 0.717) is 63.7 Å². The third-order valence-corrected chi connectivity index (χ3v) is 6.74. The maximum Gasteiger partial charge on any atom is 0.247 e. The van der Waals surface area contributed by atoms with E-state index in [1.54, 1.807) is 24.4 Å². The summed E-state index contributed by atoms with van der Waals surface area (Å²) in [6.07, 6.45) is 5.50. The molecule has 9 nitrogen and oxygen atoms in total. The first-order valence-corrected chi connectivity index (χ1v) is 13.0. The van der Waals surface area contributed by atoms with Crippen LogP contribution in [0.2, 0.25) is 5.02 Å². The number of ether oxygens (including phenoxy) is 2. The van der Waals surface area contributed by atoms with Gasteiger partial charge in [-0.15, -0.1) is 0 Å². The van der Waals surface area contributed by atoms with Crippen molar-refractivity contribution in [3.63, 3.8) is 0 Å². The third-order valence-electron chi connectivity index (χ3n) is 6.44. The van der Waals surface area contributed by atoms with Gasteiger partial charge in [0.05, 0.1) is 28.5 Å². The standard InChI is InChI=1S/C29H29ClN6O3/c1-3-28(37)35-25-13-22-24(14-27(25)38-16-19-9-11-36(2)15-19)32-18-33-29(22)34-20-7-8-26(23(30)12-20)39-17-21-6-4-5-10-31-21/h3-8,10,12-14,18-19H,1,9,11,15-17H2,2H3,(H,35,37)(H,32,33,34)/t19-/m0/s1. The summed E-state index contributed by atoms with van der Waals surface area (Å²) in [5, 5.41) is 7.31. The lowest BCUT2D eigenvalue weighted by Crippen LogP contribution is -2.18. The Morgan fingerprint density at radius 2 is 2.05 bits per heavy atom. The average Bonchev–Trinajstić information content (AvgIpc) is 3.37. The van der Waals surface area contributed by atoms with Gasteiger partial charge >= 0.3 is 0 Å². The number of nitrogens with one attached hydrogen (secondary N) is 2. The summed E-state index contributed by atoms with van der Waals surface area (Å²) in [6, 6.07) is 14.7. The maximum absolute atomic E-state index is 12.2. The topological polar surface area (TPSA) is 102 Å². The zero-order valence-electron chi connectivity index (χ0n) is 21.6. The first kappa shape index (κ1) is 26.4. The molecule has 1 aliphatic heterocycles. The highest BCUT2D eigenvalue weighted by molar-refractivity contribution is 6.32. The Morgan fingerprint density at radius 1 is 1.15 bits per heavy atom. The second-order valence-corrected chi connectivity index (χ2v) is 9.80. The van der Waals surface area contributed by atoms with E-state index < -0.39 is 0 Å². The molecule has 0 bridgehead atoms. The number of halogens is 1. The quantitative estimate of drug-likeness (QED) is 0.254. The molecule has 1 fully saturated rings. The molecule has 5 rings (SSSR count). The van der Waals surface area contributed by atoms with Gasteiger partial charge in [0.25, 0.3) is 0 Å². The van der Waals surface area contributed by atoms with Crippen LogP contribution in [0.25, 0.3) is 10.9 Å². The van der Waals surface area contributed by atoms with E-state index in [9.17, 15) is 4.79 Å². The summed E-state index contributed by atoms with van der Waals surface area (Å²) in [5.41, 5.74) is 2.71. The summed E-state index contributed by atoms with van der Waals surface area (Å²) in [5.74, 6) is 1.74. The molecule has 1 amide bonds. The fourth-order valence-electron chi connectivity index (χ4n) is 4.42. The highest BCUT2D eigenvalue weighted by Gasteiger charge is 2.21. The molecule has 0 spiro atoms. The second kappa shape index (κ2) is 12.1. The summed E-state index contributed by atoms with van der Waals surface area (Å²) in [7, 11) is 2.10. The van der Waals surface area contributed by atoms with Crippen molar-refractivity contribution in [1.82, 2.24) is 19.9 Å². The van der Waals surface area contributed by atoms with E-state index in [-0.39, 0.29) is 5.91 Å². The predicted molar refractivity (Wildman–Crippen MR) is 153 cm³/mol. The SMILES string of the molecule is C=CC(=O)Nc1cc2c(Nc3ccc(OCc4ccccn4)c(Cl)c3)ncnc2cc1OC[C@H]1CCN(C)C1. The van der Waals surface area contributed by atoms with Crippen molar-refractivity contribution in [2.45, 2.75) is 13.0 Å². The van der Waals surface area contributed by atoms with Crippen molar-refractivity contribution in [3.8, 4) is 11.5 Å². The Labute approximate surface area is 231 Å². The van der Waals surface area contributed by atoms with Crippen molar-refractivity contribution >= 4 is 45.6 Å². The maximum atomic E-state index is 12.2. The largest absolute Gasteiger partial charge is 0.491 e. The third kappa shape index (κ3) is 6.63. The highest BCUT2D eigenvalue weighted by Crippen LogP contribution is 2.35. The first-order chi connectivity index (χ1) is 19.0. The number of hydrogen-bond acceptors (Lipinski definition) is 8. The number of nitrogens with zero attached hydrogens (tertiary/aromatic N) is 4. The molecular formula is C29H29ClN6O3. The van der Waals surface area contributed by atoms with E-state index in [1.807, 2.05) is 30.3 Å². The molecule has 0 saturated carbocycles. The van der Waals surface area contributed by atoms with Gasteiger partial charge in [0, 0.05) is 35.8 Å². The number of carbonyl (C=O) groups excluding carboxylic acids is 1. The number of aromatic nitrogens is 3. The molecule has 0 unspecified atom stereocenters. The summed E-state index contributed by atoms with van der Waals surface area (Å²) < 4.78 is 12.0. The second-order valence-electron chi connectivity index (χ2n) is 9.39. The molecule has 3 heterocycles. The first-order valence-electron chi connectivity index (χ1n) is 12.6. The zero-order valence-corrected chi connectivity index (χ0v) is 22.3. The van der Waals surface area contributed by atoms with Gasteiger partial charge in [-0.2, -0.15) is 0 Å². The van der Waals surface area contributed by atoms with E-state index in [4.69, 9.17) is 21.1 Å². The highest BCUT2D eigenvalue weighted by atomic mass is 35.5. The molecule has 0 radical (unpaired) electrons.